The summed E-state index contributed by atoms with van der Waals surface area (Å²) in [6.07, 6.45) is -7.23. The van der Waals surface area contributed by atoms with Gasteiger partial charge in [-0.15, -0.1) is 0 Å². The molecule has 0 aromatic heterocycles. The molecule has 1 saturated heterocycles. The van der Waals surface area contributed by atoms with Crippen molar-refractivity contribution in [2.24, 2.45) is 17.2 Å². The molecule has 2 aliphatic heterocycles. The third-order valence-corrected chi connectivity index (χ3v) is 8.45. The number of nitrogens with one attached hydrogen (secondary N) is 4. The Labute approximate surface area is 275 Å². The van der Waals surface area contributed by atoms with Crippen molar-refractivity contribution < 1.29 is 53.7 Å². The average molecular weight is 678 g/mol. The van der Waals surface area contributed by atoms with Gasteiger partial charge in [-0.3, -0.25) is 9.59 Å². The molecule has 0 aromatic rings. The van der Waals surface area contributed by atoms with Crippen molar-refractivity contribution in [2.75, 3.05) is 53.0 Å². The maximum absolute atomic E-state index is 12.9. The summed E-state index contributed by atoms with van der Waals surface area (Å²) in [5, 5.41) is 54.0. The summed E-state index contributed by atoms with van der Waals surface area (Å²) < 4.78 is 29.6. The molecule has 2 heterocycles. The van der Waals surface area contributed by atoms with E-state index in [1.165, 1.54) is 0 Å². The van der Waals surface area contributed by atoms with Crippen molar-refractivity contribution in [2.45, 2.75) is 106 Å². The van der Waals surface area contributed by atoms with Crippen molar-refractivity contribution in [1.82, 2.24) is 21.3 Å². The number of aliphatic hydroxyl groups excluding tert-OH is 4. The Bertz CT molecular complexity index is 992. The minimum Gasteiger partial charge on any atom is -0.466 e. The molecule has 14 N–H and O–H groups in total. The standard InChI is InChI=1S/C29H55N7O11/c1-15(33-2)23(40)29(44-10-8-37)47-26-20(36-27(42)21(38)5-6-30)12-18(32)25(24(26)41)46-28-19(4-3-16(13-31)45-28)35-22(39)11-17-14-34-7-9-43-17/h3,15,17-21,23-26,28-29,33-34,37-38,40-41H,4-14,30-32H2,1-2H3,(H,35,39)(H,36,42)/t15-,17?,18-,19+,20+,21-,23+,24-,25+,26-,28+,29+/m0/s1. The number of aliphatic hydroxyl groups is 4. The largest absolute Gasteiger partial charge is 0.466 e. The highest BCUT2D eigenvalue weighted by Gasteiger charge is 2.49. The van der Waals surface area contributed by atoms with E-state index < -0.39 is 73.2 Å². The number of ether oxygens (including phenoxy) is 5. The minimum atomic E-state index is -1.54. The predicted octanol–water partition coefficient (Wildman–Crippen LogP) is -5.20. The van der Waals surface area contributed by atoms with E-state index in [0.29, 0.717) is 31.9 Å². The number of morpholine rings is 1. The predicted molar refractivity (Wildman–Crippen MR) is 167 cm³/mol. The molecule has 18 nitrogen and oxygen atoms in total. The Hall–Kier alpha value is -2.04. The molecule has 0 bridgehead atoms. The van der Waals surface area contributed by atoms with Crippen LogP contribution < -0.4 is 38.5 Å². The first-order valence-corrected chi connectivity index (χ1v) is 16.2. The zero-order chi connectivity index (χ0) is 34.5. The Morgan fingerprint density at radius 2 is 1.96 bits per heavy atom. The molecule has 18 heteroatoms. The lowest BCUT2D eigenvalue weighted by atomic mass is 9.83. The SMILES string of the molecule is CN[C@@H](C)[C@@H](O)[C@H](OCCO)O[C@@H]1[C@@H](O)[C@H](O[C@H]2OC(CN)=CC[C@H]2NC(=O)CC2CNCCO2)[C@@H](N)C[C@H]1NC(=O)[C@@H](O)CCN. The molecule has 2 fully saturated rings. The molecule has 0 radical (unpaired) electrons. The van der Waals surface area contributed by atoms with E-state index in [9.17, 15) is 30.0 Å². The lowest BCUT2D eigenvalue weighted by Gasteiger charge is -2.46. The average Bonchev–Trinajstić information content (AvgIpc) is 3.06. The summed E-state index contributed by atoms with van der Waals surface area (Å²) in [5.74, 6) is -0.610. The lowest BCUT2D eigenvalue weighted by molar-refractivity contribution is -0.273. The molecule has 3 rings (SSSR count). The van der Waals surface area contributed by atoms with Gasteiger partial charge in [0.15, 0.2) is 6.29 Å². The van der Waals surface area contributed by atoms with E-state index in [-0.39, 0.29) is 57.6 Å². The number of rotatable bonds is 18. The molecule has 47 heavy (non-hydrogen) atoms. The molecule has 3 aliphatic rings. The molecular formula is C29H55N7O11. The van der Waals surface area contributed by atoms with E-state index in [0.717, 1.165) is 0 Å². The summed E-state index contributed by atoms with van der Waals surface area (Å²) in [7, 11) is 1.62. The molecule has 272 valence electrons. The van der Waals surface area contributed by atoms with E-state index in [1.54, 1.807) is 20.0 Å². The molecule has 1 aliphatic carbocycles. The number of hydrogen-bond acceptors (Lipinski definition) is 16. The van der Waals surface area contributed by atoms with E-state index >= 15 is 0 Å². The van der Waals surface area contributed by atoms with Crippen LogP contribution in [0.2, 0.25) is 0 Å². The second kappa shape index (κ2) is 19.8. The summed E-state index contributed by atoms with van der Waals surface area (Å²) in [4.78, 5) is 25.8. The number of likely N-dealkylation sites (N-methyl/N-ethyl adjacent to an activating group) is 1. The molecule has 0 aromatic carbocycles. The van der Waals surface area contributed by atoms with Gasteiger partial charge in [0.25, 0.3) is 0 Å². The van der Waals surface area contributed by atoms with Crippen LogP contribution in [0.25, 0.3) is 0 Å². The van der Waals surface area contributed by atoms with Gasteiger partial charge in [0.1, 0.15) is 36.3 Å². The third kappa shape index (κ3) is 11.5. The van der Waals surface area contributed by atoms with Crippen molar-refractivity contribution in [3.05, 3.63) is 11.8 Å². The Balaban J connectivity index is 1.84. The fourth-order valence-corrected chi connectivity index (χ4v) is 5.66. The first kappa shape index (κ1) is 39.4. The topological polar surface area (TPSA) is 287 Å². The number of amides is 2. The summed E-state index contributed by atoms with van der Waals surface area (Å²) in [5.41, 5.74) is 17.9. The fraction of sp³-hybridized carbons (Fsp3) is 0.862. The second-order valence-corrected chi connectivity index (χ2v) is 12.0. The van der Waals surface area contributed by atoms with Crippen LogP contribution in [0.5, 0.6) is 0 Å². The summed E-state index contributed by atoms with van der Waals surface area (Å²) in [6, 6.07) is -3.07. The highest BCUT2D eigenvalue weighted by molar-refractivity contribution is 5.80. The van der Waals surface area contributed by atoms with Crippen molar-refractivity contribution in [3.63, 3.8) is 0 Å². The Morgan fingerprint density at radius 1 is 1.19 bits per heavy atom. The monoisotopic (exact) mass is 677 g/mol. The van der Waals surface area contributed by atoms with Gasteiger partial charge >= 0.3 is 0 Å². The van der Waals surface area contributed by atoms with Gasteiger partial charge in [-0.1, -0.05) is 0 Å². The maximum Gasteiger partial charge on any atom is 0.249 e. The van der Waals surface area contributed by atoms with Gasteiger partial charge in [0.2, 0.25) is 18.1 Å². The van der Waals surface area contributed by atoms with Gasteiger partial charge in [-0.25, -0.2) is 0 Å². The van der Waals surface area contributed by atoms with Crippen LogP contribution in [0.4, 0.5) is 0 Å². The maximum atomic E-state index is 12.9. The van der Waals surface area contributed by atoms with Crippen LogP contribution in [0.15, 0.2) is 11.8 Å². The van der Waals surface area contributed by atoms with E-state index in [4.69, 9.17) is 40.9 Å². The molecule has 0 spiro atoms. The fourth-order valence-electron chi connectivity index (χ4n) is 5.66. The Morgan fingerprint density at radius 3 is 2.60 bits per heavy atom. The van der Waals surface area contributed by atoms with E-state index in [1.807, 2.05) is 0 Å². The number of nitrogens with two attached hydrogens (primary N) is 3. The van der Waals surface area contributed by atoms with Crippen LogP contribution in [0.3, 0.4) is 0 Å². The van der Waals surface area contributed by atoms with Gasteiger partial charge in [-0.05, 0) is 45.9 Å². The molecular weight excluding hydrogens is 622 g/mol. The smallest absolute Gasteiger partial charge is 0.249 e. The first-order chi connectivity index (χ1) is 22.5. The quantitative estimate of drug-likeness (QED) is 0.0605. The van der Waals surface area contributed by atoms with Crippen LogP contribution in [-0.2, 0) is 33.3 Å². The van der Waals surface area contributed by atoms with Crippen LogP contribution in [0.1, 0.15) is 32.6 Å². The van der Waals surface area contributed by atoms with Crippen LogP contribution >= 0.6 is 0 Å². The zero-order valence-corrected chi connectivity index (χ0v) is 27.2. The van der Waals surface area contributed by atoms with Gasteiger partial charge in [0, 0.05) is 25.2 Å². The number of hydrogen-bond donors (Lipinski definition) is 11. The molecule has 2 amide bonds. The normalized spacial score (nSPS) is 32.3. The number of carbonyl (C=O) groups is 2. The molecule has 12 atom stereocenters. The second-order valence-electron chi connectivity index (χ2n) is 12.0. The zero-order valence-electron chi connectivity index (χ0n) is 27.2. The van der Waals surface area contributed by atoms with Crippen molar-refractivity contribution in [3.8, 4) is 0 Å². The lowest BCUT2D eigenvalue weighted by Crippen LogP contribution is -2.67. The van der Waals surface area contributed by atoms with Gasteiger partial charge in [0.05, 0.1) is 51.0 Å². The van der Waals surface area contributed by atoms with Crippen LogP contribution in [-0.4, -0.2) is 159 Å². The molecule has 1 saturated carbocycles. The summed E-state index contributed by atoms with van der Waals surface area (Å²) in [6.45, 7) is 3.00. The highest BCUT2D eigenvalue weighted by atomic mass is 16.7. The Kier molecular flexibility index (Phi) is 16.6. The molecule has 1 unspecified atom stereocenters. The third-order valence-electron chi connectivity index (χ3n) is 8.45. The van der Waals surface area contributed by atoms with Crippen LogP contribution in [0, 0.1) is 0 Å². The summed E-state index contributed by atoms with van der Waals surface area (Å²) >= 11 is 0. The highest BCUT2D eigenvalue weighted by Crippen LogP contribution is 2.30. The van der Waals surface area contributed by atoms with Gasteiger partial charge < -0.3 is 82.6 Å². The van der Waals surface area contributed by atoms with E-state index in [2.05, 4.69) is 21.3 Å². The first-order valence-electron chi connectivity index (χ1n) is 16.2. The van der Waals surface area contributed by atoms with Gasteiger partial charge in [-0.2, -0.15) is 0 Å². The van der Waals surface area contributed by atoms with Crippen molar-refractivity contribution >= 4 is 11.8 Å². The minimum absolute atomic E-state index is 0.00242. The van der Waals surface area contributed by atoms with Crippen molar-refractivity contribution in [1.29, 1.82) is 0 Å². The number of carbonyl (C=O) groups excluding carboxylic acids is 2.